The van der Waals surface area contributed by atoms with Gasteiger partial charge in [-0.15, -0.1) is 0 Å². The van der Waals surface area contributed by atoms with E-state index in [0.717, 1.165) is 31.4 Å². The van der Waals surface area contributed by atoms with E-state index >= 15 is 0 Å². The van der Waals surface area contributed by atoms with Crippen molar-refractivity contribution in [3.8, 4) is 5.75 Å². The van der Waals surface area contributed by atoms with Crippen LogP contribution in [0.4, 0.5) is 0 Å². The molecule has 8 nitrogen and oxygen atoms in total. The summed E-state index contributed by atoms with van der Waals surface area (Å²) in [6.07, 6.45) is 10.3. The van der Waals surface area contributed by atoms with Crippen molar-refractivity contribution in [1.29, 1.82) is 0 Å². The number of para-hydroxylation sites is 1. The van der Waals surface area contributed by atoms with Gasteiger partial charge in [0, 0.05) is 25.5 Å². The molecule has 1 atom stereocenters. The zero-order valence-corrected chi connectivity index (χ0v) is 20.8. The molecule has 0 bridgehead atoms. The summed E-state index contributed by atoms with van der Waals surface area (Å²) in [4.78, 5) is 32.5. The van der Waals surface area contributed by atoms with Crippen LogP contribution in [0, 0.1) is 5.41 Å². The number of carbonyl (C=O) groups excluding carboxylic acids is 2. The van der Waals surface area contributed by atoms with Crippen molar-refractivity contribution in [3.63, 3.8) is 0 Å². The molecule has 2 aliphatic rings. The van der Waals surface area contributed by atoms with Crippen LogP contribution in [-0.4, -0.2) is 52.0 Å². The third-order valence-electron chi connectivity index (χ3n) is 7.45. The molecule has 1 spiro atoms. The van der Waals surface area contributed by atoms with Crippen LogP contribution in [0.25, 0.3) is 0 Å². The number of nitrogens with zero attached hydrogens (tertiary/aromatic N) is 3. The molecule has 36 heavy (non-hydrogen) atoms. The highest BCUT2D eigenvalue weighted by Gasteiger charge is 2.42. The molecule has 2 aliphatic heterocycles. The van der Waals surface area contributed by atoms with E-state index < -0.39 is 5.41 Å². The molecular formula is C28H34N4O4. The fourth-order valence-corrected chi connectivity index (χ4v) is 5.29. The molecule has 8 heteroatoms. The number of hydrogen-bond acceptors (Lipinski definition) is 5. The van der Waals surface area contributed by atoms with Gasteiger partial charge in [-0.3, -0.25) is 9.59 Å². The number of aryl methyl sites for hydroxylation is 1. The van der Waals surface area contributed by atoms with Crippen molar-refractivity contribution in [2.45, 2.75) is 58.0 Å². The average molecular weight is 491 g/mol. The van der Waals surface area contributed by atoms with E-state index in [1.54, 1.807) is 18.6 Å². The SMILES string of the molecule is C[C@@H]1COc2ccccc2CCCCC2(CCN(C(=O)c3ccc(Cn4ccnc4)o3)CC2)C(=O)N1. The fourth-order valence-electron chi connectivity index (χ4n) is 5.29. The predicted octanol–water partition coefficient (Wildman–Crippen LogP) is 4.06. The first-order valence-corrected chi connectivity index (χ1v) is 12.9. The summed E-state index contributed by atoms with van der Waals surface area (Å²) in [5.74, 6) is 1.93. The molecular weight excluding hydrogens is 456 g/mol. The summed E-state index contributed by atoms with van der Waals surface area (Å²) >= 11 is 0. The number of likely N-dealkylation sites (tertiary alicyclic amines) is 1. The number of carbonyl (C=O) groups is 2. The normalized spacial score (nSPS) is 20.5. The predicted molar refractivity (Wildman–Crippen MR) is 135 cm³/mol. The first-order valence-electron chi connectivity index (χ1n) is 12.9. The van der Waals surface area contributed by atoms with Crippen LogP contribution >= 0.6 is 0 Å². The van der Waals surface area contributed by atoms with Gasteiger partial charge in [-0.05, 0) is 62.8 Å². The quantitative estimate of drug-likeness (QED) is 0.598. The van der Waals surface area contributed by atoms with Crippen LogP contribution in [0.15, 0.2) is 59.5 Å². The summed E-state index contributed by atoms with van der Waals surface area (Å²) < 4.78 is 13.8. The highest BCUT2D eigenvalue weighted by molar-refractivity contribution is 5.92. The molecule has 1 saturated heterocycles. The molecule has 1 N–H and O–H groups in total. The maximum absolute atomic E-state index is 13.5. The van der Waals surface area contributed by atoms with Gasteiger partial charge in [0.05, 0.1) is 24.3 Å². The third-order valence-corrected chi connectivity index (χ3v) is 7.45. The standard InChI is InChI=1S/C28H34N4O4/c1-21-19-35-24-8-3-2-6-22(24)7-4-5-11-28(27(34)30-21)12-15-32(16-13-28)26(33)25-10-9-23(36-25)18-31-17-14-29-20-31/h2-3,6,8-10,14,17,20-21H,4-5,7,11-13,15-16,18-19H2,1H3,(H,30,34)/t21-/m1/s1. The molecule has 190 valence electrons. The van der Waals surface area contributed by atoms with E-state index in [9.17, 15) is 9.59 Å². The Labute approximate surface area is 211 Å². The number of imidazole rings is 1. The van der Waals surface area contributed by atoms with Gasteiger partial charge in [-0.2, -0.15) is 0 Å². The van der Waals surface area contributed by atoms with Crippen molar-refractivity contribution in [3.05, 3.63) is 72.2 Å². The van der Waals surface area contributed by atoms with Gasteiger partial charge in [-0.25, -0.2) is 4.98 Å². The Balaban J connectivity index is 1.23. The van der Waals surface area contributed by atoms with E-state index in [1.807, 2.05) is 46.9 Å². The molecule has 0 radical (unpaired) electrons. The summed E-state index contributed by atoms with van der Waals surface area (Å²) in [5, 5.41) is 3.20. The van der Waals surface area contributed by atoms with Gasteiger partial charge in [0.15, 0.2) is 5.76 Å². The molecule has 1 fully saturated rings. The number of amides is 2. The zero-order chi connectivity index (χ0) is 25.0. The number of ether oxygens (including phenoxy) is 1. The molecule has 1 aromatic carbocycles. The largest absolute Gasteiger partial charge is 0.491 e. The molecule has 2 aromatic heterocycles. The highest BCUT2D eigenvalue weighted by Crippen LogP contribution is 2.38. The first kappa shape index (κ1) is 24.2. The number of rotatable bonds is 3. The van der Waals surface area contributed by atoms with Gasteiger partial charge < -0.3 is 23.9 Å². The van der Waals surface area contributed by atoms with Crippen molar-refractivity contribution in [2.24, 2.45) is 5.41 Å². The highest BCUT2D eigenvalue weighted by atomic mass is 16.5. The smallest absolute Gasteiger partial charge is 0.289 e. The lowest BCUT2D eigenvalue weighted by atomic mass is 9.73. The maximum Gasteiger partial charge on any atom is 0.289 e. The lowest BCUT2D eigenvalue weighted by molar-refractivity contribution is -0.135. The van der Waals surface area contributed by atoms with Crippen LogP contribution in [0.3, 0.4) is 0 Å². The van der Waals surface area contributed by atoms with E-state index in [2.05, 4.69) is 16.4 Å². The number of furan rings is 1. The Morgan fingerprint density at radius 2 is 1.97 bits per heavy atom. The molecule has 0 unspecified atom stereocenters. The van der Waals surface area contributed by atoms with Crippen LogP contribution in [0.1, 0.15) is 60.9 Å². The van der Waals surface area contributed by atoms with Crippen molar-refractivity contribution in [2.75, 3.05) is 19.7 Å². The lowest BCUT2D eigenvalue weighted by Gasteiger charge is -2.41. The molecule has 0 aliphatic carbocycles. The molecule has 0 saturated carbocycles. The Morgan fingerprint density at radius 3 is 2.78 bits per heavy atom. The average Bonchev–Trinajstić information content (AvgIpc) is 3.58. The van der Waals surface area contributed by atoms with Gasteiger partial charge in [0.25, 0.3) is 5.91 Å². The van der Waals surface area contributed by atoms with E-state index in [-0.39, 0.29) is 17.9 Å². The molecule has 2 amide bonds. The number of piperidine rings is 1. The second-order valence-electron chi connectivity index (χ2n) is 10.1. The second kappa shape index (κ2) is 10.6. The maximum atomic E-state index is 13.5. The van der Waals surface area contributed by atoms with E-state index in [4.69, 9.17) is 9.15 Å². The zero-order valence-electron chi connectivity index (χ0n) is 20.8. The molecule has 4 heterocycles. The third kappa shape index (κ3) is 5.32. The number of aromatic nitrogens is 2. The van der Waals surface area contributed by atoms with Crippen LogP contribution in [0.2, 0.25) is 0 Å². The van der Waals surface area contributed by atoms with Crippen LogP contribution < -0.4 is 10.1 Å². The van der Waals surface area contributed by atoms with Gasteiger partial charge in [0.2, 0.25) is 5.91 Å². The minimum absolute atomic E-state index is 0.0835. The number of hydrogen-bond donors (Lipinski definition) is 1. The summed E-state index contributed by atoms with van der Waals surface area (Å²) in [7, 11) is 0. The summed E-state index contributed by atoms with van der Waals surface area (Å²) in [6.45, 7) is 4.03. The Hall–Kier alpha value is -3.55. The second-order valence-corrected chi connectivity index (χ2v) is 10.1. The Bertz CT molecular complexity index is 1180. The van der Waals surface area contributed by atoms with E-state index in [1.165, 1.54) is 5.56 Å². The molecule has 3 aromatic rings. The Morgan fingerprint density at radius 1 is 1.14 bits per heavy atom. The van der Waals surface area contributed by atoms with Crippen molar-refractivity contribution < 1.29 is 18.7 Å². The van der Waals surface area contributed by atoms with Gasteiger partial charge in [0.1, 0.15) is 18.1 Å². The summed E-state index contributed by atoms with van der Waals surface area (Å²) in [6, 6.07) is 11.6. The van der Waals surface area contributed by atoms with Crippen LogP contribution in [0.5, 0.6) is 5.75 Å². The Kier molecular flexibility index (Phi) is 7.11. The number of nitrogens with one attached hydrogen (secondary N) is 1. The topological polar surface area (TPSA) is 89.6 Å². The lowest BCUT2D eigenvalue weighted by Crippen LogP contribution is -2.52. The minimum atomic E-state index is -0.459. The van der Waals surface area contributed by atoms with Gasteiger partial charge >= 0.3 is 0 Å². The molecule has 5 rings (SSSR count). The van der Waals surface area contributed by atoms with Crippen molar-refractivity contribution in [1.82, 2.24) is 19.8 Å². The number of benzene rings is 1. The van der Waals surface area contributed by atoms with Crippen molar-refractivity contribution >= 4 is 11.8 Å². The minimum Gasteiger partial charge on any atom is -0.491 e. The fraction of sp³-hybridized carbons (Fsp3) is 0.464. The first-order chi connectivity index (χ1) is 17.5. The summed E-state index contributed by atoms with van der Waals surface area (Å²) in [5.41, 5.74) is 0.761. The van der Waals surface area contributed by atoms with Crippen LogP contribution in [-0.2, 0) is 17.8 Å². The van der Waals surface area contributed by atoms with Gasteiger partial charge in [-0.1, -0.05) is 24.6 Å². The monoisotopic (exact) mass is 490 g/mol. The number of fused-ring (bicyclic) bond motifs is 1. The van der Waals surface area contributed by atoms with E-state index in [0.29, 0.717) is 50.6 Å².